The van der Waals surface area contributed by atoms with E-state index in [9.17, 15) is 48.3 Å². The van der Waals surface area contributed by atoms with Gasteiger partial charge in [-0.3, -0.25) is 0 Å². The summed E-state index contributed by atoms with van der Waals surface area (Å²) in [7, 11) is -4.50. The van der Waals surface area contributed by atoms with Gasteiger partial charge in [-0.05, 0) is 61.6 Å². The fourth-order valence-corrected chi connectivity index (χ4v) is 7.92. The van der Waals surface area contributed by atoms with Crippen LogP contribution in [0.2, 0.25) is 0 Å². The summed E-state index contributed by atoms with van der Waals surface area (Å²) in [5, 5.41) is 2.57. The second-order valence-corrected chi connectivity index (χ2v) is 11.4. The number of aryl methyl sites for hydroxylation is 1. The van der Waals surface area contributed by atoms with Gasteiger partial charge >= 0.3 is 24.1 Å². The summed E-state index contributed by atoms with van der Waals surface area (Å²) in [4.78, 5) is 13.7. The van der Waals surface area contributed by atoms with Crippen LogP contribution < -0.4 is 5.32 Å². The van der Waals surface area contributed by atoms with Crippen LogP contribution in [-0.4, -0.2) is 50.8 Å². The molecule has 2 aromatic carbocycles. The lowest BCUT2D eigenvalue weighted by molar-refractivity contribution is -0.348. The van der Waals surface area contributed by atoms with Gasteiger partial charge in [-0.25, -0.2) is 22.0 Å². The number of fused-ring (bicyclic) bond motifs is 3. The van der Waals surface area contributed by atoms with Crippen LogP contribution in [0.15, 0.2) is 47.4 Å². The normalized spacial score (nSPS) is 22.1. The SMILES string of the molecule is CCNC(=O)N1CC[C@@]2(S(=O)(=O)c3ccc(F)cc3)c3ccc(C(F)(C(F)(F)F)C(F)(F)F)cc3CC[C@@H]12. The number of amides is 2. The highest BCUT2D eigenvalue weighted by Crippen LogP contribution is 2.56. The number of nitrogens with one attached hydrogen (secondary N) is 1. The van der Waals surface area contributed by atoms with E-state index in [0.29, 0.717) is 12.1 Å². The number of hydrogen-bond acceptors (Lipinski definition) is 3. The van der Waals surface area contributed by atoms with Crippen LogP contribution in [0.1, 0.15) is 36.5 Å². The van der Waals surface area contributed by atoms with E-state index in [-0.39, 0.29) is 48.4 Å². The number of rotatable bonds is 4. The molecule has 4 rings (SSSR count). The van der Waals surface area contributed by atoms with E-state index in [2.05, 4.69) is 5.32 Å². The second kappa shape index (κ2) is 9.09. The highest BCUT2D eigenvalue weighted by atomic mass is 32.2. The van der Waals surface area contributed by atoms with Crippen LogP contribution in [0.5, 0.6) is 0 Å². The molecule has 0 saturated carbocycles. The standard InChI is InChI=1S/C24H22F8N2O3S/c1-2-33-20(35)34-12-11-21(38(36,37)17-7-5-16(25)6-8-17)18-9-4-15(13-14(18)3-10-19(21)34)22(26,23(27,28)29)24(30,31)32/h4-9,13,19H,2-3,10-12H2,1H3,(H,33,35)/t19-,21-/m1/s1. The molecular formula is C24H22F8N2O3S. The van der Waals surface area contributed by atoms with E-state index in [1.54, 1.807) is 6.92 Å². The lowest BCUT2D eigenvalue weighted by atomic mass is 9.77. The van der Waals surface area contributed by atoms with E-state index in [1.165, 1.54) is 4.90 Å². The summed E-state index contributed by atoms with van der Waals surface area (Å²) < 4.78 is 135. The molecule has 1 heterocycles. The van der Waals surface area contributed by atoms with Gasteiger partial charge in [0, 0.05) is 18.7 Å². The summed E-state index contributed by atoms with van der Waals surface area (Å²) in [5.41, 5.74) is -7.74. The Morgan fingerprint density at radius 3 is 2.18 bits per heavy atom. The number of benzene rings is 2. The van der Waals surface area contributed by atoms with E-state index < -0.39 is 56.1 Å². The van der Waals surface area contributed by atoms with Crippen molar-refractivity contribution < 1.29 is 48.3 Å². The maximum Gasteiger partial charge on any atom is 0.435 e. The van der Waals surface area contributed by atoms with Crippen molar-refractivity contribution in [2.45, 2.75) is 59.9 Å². The number of halogens is 8. The number of alkyl halides is 7. The number of urea groups is 1. The zero-order valence-electron chi connectivity index (χ0n) is 19.8. The van der Waals surface area contributed by atoms with Crippen molar-refractivity contribution in [3.63, 3.8) is 0 Å². The lowest BCUT2D eigenvalue weighted by Crippen LogP contribution is -2.54. The molecular weight excluding hydrogens is 548 g/mol. The molecule has 0 radical (unpaired) electrons. The van der Waals surface area contributed by atoms with Crippen LogP contribution >= 0.6 is 0 Å². The van der Waals surface area contributed by atoms with Crippen molar-refractivity contribution in [1.82, 2.24) is 10.2 Å². The van der Waals surface area contributed by atoms with Gasteiger partial charge in [0.25, 0.3) is 0 Å². The molecule has 2 atom stereocenters. The van der Waals surface area contributed by atoms with Crippen molar-refractivity contribution in [2.24, 2.45) is 0 Å². The van der Waals surface area contributed by atoms with Gasteiger partial charge in [-0.15, -0.1) is 0 Å². The predicted molar refractivity (Wildman–Crippen MR) is 119 cm³/mol. The monoisotopic (exact) mass is 570 g/mol. The summed E-state index contributed by atoms with van der Waals surface area (Å²) in [6.45, 7) is 1.77. The Morgan fingerprint density at radius 2 is 1.63 bits per heavy atom. The van der Waals surface area contributed by atoms with E-state index in [0.717, 1.165) is 30.3 Å². The Kier molecular flexibility index (Phi) is 6.73. The number of hydrogen-bond donors (Lipinski definition) is 1. The largest absolute Gasteiger partial charge is 0.435 e. The number of sulfone groups is 1. The zero-order chi connectivity index (χ0) is 28.3. The fraction of sp³-hybridized carbons (Fsp3) is 0.458. The molecule has 1 fully saturated rings. The molecule has 0 bridgehead atoms. The van der Waals surface area contributed by atoms with Crippen molar-refractivity contribution in [1.29, 1.82) is 0 Å². The first-order chi connectivity index (χ1) is 17.5. The Morgan fingerprint density at radius 1 is 1.03 bits per heavy atom. The van der Waals surface area contributed by atoms with E-state index in [1.807, 2.05) is 0 Å². The maximum absolute atomic E-state index is 14.8. The Balaban J connectivity index is 1.95. The first-order valence-electron chi connectivity index (χ1n) is 11.5. The third-order valence-electron chi connectivity index (χ3n) is 7.26. The van der Waals surface area contributed by atoms with Crippen LogP contribution in [0, 0.1) is 5.82 Å². The molecule has 5 nitrogen and oxygen atoms in total. The summed E-state index contributed by atoms with van der Waals surface area (Å²) in [6, 6.07) is 3.61. The number of carbonyl (C=O) groups is 1. The molecule has 2 aromatic rings. The Labute approximate surface area is 212 Å². The molecule has 2 aliphatic rings. The predicted octanol–water partition coefficient (Wildman–Crippen LogP) is 5.53. The molecule has 208 valence electrons. The molecule has 14 heteroatoms. The zero-order valence-corrected chi connectivity index (χ0v) is 20.6. The third kappa shape index (κ3) is 3.93. The highest BCUT2D eigenvalue weighted by Gasteiger charge is 2.73. The van der Waals surface area contributed by atoms with Crippen LogP contribution in [-0.2, 0) is 26.7 Å². The lowest BCUT2D eigenvalue weighted by Gasteiger charge is -2.43. The summed E-state index contributed by atoms with van der Waals surface area (Å²) >= 11 is 0. The van der Waals surface area contributed by atoms with Crippen molar-refractivity contribution >= 4 is 15.9 Å². The molecule has 38 heavy (non-hydrogen) atoms. The fourth-order valence-electron chi connectivity index (χ4n) is 5.55. The average Bonchev–Trinajstić information content (AvgIpc) is 3.24. The molecule has 1 aliphatic carbocycles. The number of likely N-dealkylation sites (tertiary alicyclic amines) is 1. The van der Waals surface area contributed by atoms with Gasteiger partial charge in [0.05, 0.1) is 10.9 Å². The summed E-state index contributed by atoms with van der Waals surface area (Å²) in [5.74, 6) is -0.736. The van der Waals surface area contributed by atoms with Gasteiger partial charge in [-0.2, -0.15) is 26.3 Å². The minimum atomic E-state index is -6.34. The number of carbonyl (C=O) groups excluding carboxylic acids is 1. The average molecular weight is 571 g/mol. The van der Waals surface area contributed by atoms with Gasteiger partial charge in [0.1, 0.15) is 10.6 Å². The van der Waals surface area contributed by atoms with Crippen molar-refractivity contribution in [3.8, 4) is 0 Å². The molecule has 1 saturated heterocycles. The van der Waals surface area contributed by atoms with Crippen molar-refractivity contribution in [3.05, 3.63) is 65.0 Å². The van der Waals surface area contributed by atoms with Crippen LogP contribution in [0.25, 0.3) is 0 Å². The minimum absolute atomic E-state index is 0.0870. The van der Waals surface area contributed by atoms with Crippen LogP contribution in [0.4, 0.5) is 39.9 Å². The van der Waals surface area contributed by atoms with Crippen LogP contribution in [0.3, 0.4) is 0 Å². The molecule has 2 amide bonds. The highest BCUT2D eigenvalue weighted by molar-refractivity contribution is 7.92. The second-order valence-electron chi connectivity index (χ2n) is 9.21. The molecule has 1 N–H and O–H groups in total. The third-order valence-corrected chi connectivity index (χ3v) is 9.81. The summed E-state index contributed by atoms with van der Waals surface area (Å²) in [6.07, 6.45) is -13.3. The van der Waals surface area contributed by atoms with E-state index >= 15 is 0 Å². The minimum Gasteiger partial charge on any atom is -0.338 e. The maximum atomic E-state index is 14.8. The van der Waals surface area contributed by atoms with Gasteiger partial charge < -0.3 is 10.2 Å². The van der Waals surface area contributed by atoms with Gasteiger partial charge in [-0.1, -0.05) is 18.2 Å². The molecule has 1 aliphatic heterocycles. The van der Waals surface area contributed by atoms with Gasteiger partial charge in [0.2, 0.25) is 0 Å². The molecule has 0 spiro atoms. The Bertz CT molecular complexity index is 1330. The Hall–Kier alpha value is -2.90. The molecule has 0 unspecified atom stereocenters. The quantitative estimate of drug-likeness (QED) is 0.388. The number of nitrogens with zero attached hydrogens (tertiary/aromatic N) is 1. The smallest absolute Gasteiger partial charge is 0.338 e. The first kappa shape index (κ1) is 28.1. The van der Waals surface area contributed by atoms with E-state index in [4.69, 9.17) is 0 Å². The first-order valence-corrected chi connectivity index (χ1v) is 13.0. The van der Waals surface area contributed by atoms with Crippen molar-refractivity contribution in [2.75, 3.05) is 13.1 Å². The molecule has 0 aromatic heterocycles. The van der Waals surface area contributed by atoms with Gasteiger partial charge in [0.15, 0.2) is 9.84 Å². The topological polar surface area (TPSA) is 66.5 Å².